The summed E-state index contributed by atoms with van der Waals surface area (Å²) in [4.78, 5) is 0.512. The summed E-state index contributed by atoms with van der Waals surface area (Å²) in [6, 6.07) is 5.78. The molecule has 1 nitrogen and oxygen atoms in total. The van der Waals surface area contributed by atoms with E-state index in [0.29, 0.717) is 10.5 Å². The monoisotopic (exact) mass is 259 g/mol. The van der Waals surface area contributed by atoms with Crippen LogP contribution in [-0.2, 0) is 11.6 Å². The number of halogens is 3. The number of nitriles is 1. The molecule has 0 aliphatic rings. The van der Waals surface area contributed by atoms with Crippen molar-refractivity contribution in [3.63, 3.8) is 0 Å². The van der Waals surface area contributed by atoms with E-state index in [1.807, 2.05) is 6.07 Å². The lowest BCUT2D eigenvalue weighted by atomic mass is 9.85. The van der Waals surface area contributed by atoms with E-state index < -0.39 is 17.2 Å². The molecule has 0 N–H and O–H groups in total. The zero-order chi connectivity index (χ0) is 13.3. The van der Waals surface area contributed by atoms with Crippen LogP contribution in [-0.4, -0.2) is 6.26 Å². The highest BCUT2D eigenvalue weighted by atomic mass is 32.2. The van der Waals surface area contributed by atoms with Gasteiger partial charge in [0, 0.05) is 4.90 Å². The molecular weight excluding hydrogens is 247 g/mol. The van der Waals surface area contributed by atoms with Crippen molar-refractivity contribution in [2.24, 2.45) is 0 Å². The van der Waals surface area contributed by atoms with Gasteiger partial charge in [0.1, 0.15) is 0 Å². The summed E-state index contributed by atoms with van der Waals surface area (Å²) in [5.41, 5.74) is -1.24. The molecule has 5 heteroatoms. The largest absolute Gasteiger partial charge is 0.416 e. The smallest absolute Gasteiger partial charge is 0.197 e. The van der Waals surface area contributed by atoms with Gasteiger partial charge in [-0.1, -0.05) is 0 Å². The number of hydrogen-bond donors (Lipinski definition) is 0. The van der Waals surface area contributed by atoms with Gasteiger partial charge < -0.3 is 0 Å². The van der Waals surface area contributed by atoms with Crippen LogP contribution < -0.4 is 0 Å². The van der Waals surface area contributed by atoms with Gasteiger partial charge in [-0.2, -0.15) is 18.4 Å². The number of nitrogens with zero attached hydrogens (tertiary/aromatic N) is 1. The Hall–Kier alpha value is -1.15. The number of hydrogen-bond acceptors (Lipinski definition) is 2. The maximum absolute atomic E-state index is 12.7. The first-order valence-electron chi connectivity index (χ1n) is 4.88. The first-order valence-corrected chi connectivity index (χ1v) is 6.11. The van der Waals surface area contributed by atoms with Crippen LogP contribution in [0, 0.1) is 11.3 Å². The lowest BCUT2D eigenvalue weighted by molar-refractivity contribution is -0.137. The molecule has 0 aliphatic heterocycles. The summed E-state index contributed by atoms with van der Waals surface area (Å²) in [5, 5.41) is 8.97. The fourth-order valence-electron chi connectivity index (χ4n) is 1.31. The van der Waals surface area contributed by atoms with Crippen LogP contribution in [0.15, 0.2) is 23.1 Å². The van der Waals surface area contributed by atoms with E-state index in [2.05, 4.69) is 0 Å². The molecule has 0 fully saturated rings. The van der Waals surface area contributed by atoms with Gasteiger partial charge in [0.15, 0.2) is 0 Å². The summed E-state index contributed by atoms with van der Waals surface area (Å²) in [6.07, 6.45) is -2.68. The highest BCUT2D eigenvalue weighted by Crippen LogP contribution is 2.35. The Bertz CT molecular complexity index is 458. The Morgan fingerprint density at radius 1 is 1.12 bits per heavy atom. The summed E-state index contributed by atoms with van der Waals surface area (Å²) >= 11 is 1.23. The lowest BCUT2D eigenvalue weighted by Crippen LogP contribution is -2.16. The molecule has 0 bridgehead atoms. The molecule has 0 amide bonds. The van der Waals surface area contributed by atoms with E-state index in [1.54, 1.807) is 26.2 Å². The van der Waals surface area contributed by atoms with Gasteiger partial charge in [0.2, 0.25) is 0 Å². The normalized spacial score (nSPS) is 12.3. The van der Waals surface area contributed by atoms with Crippen LogP contribution >= 0.6 is 11.8 Å². The van der Waals surface area contributed by atoms with Crippen LogP contribution in [0.5, 0.6) is 0 Å². The zero-order valence-electron chi connectivity index (χ0n) is 9.72. The van der Waals surface area contributed by atoms with Crippen LogP contribution in [0.1, 0.15) is 25.0 Å². The first kappa shape index (κ1) is 13.9. The summed E-state index contributed by atoms with van der Waals surface area (Å²) < 4.78 is 38.1. The van der Waals surface area contributed by atoms with Gasteiger partial charge in [-0.3, -0.25) is 0 Å². The third-order valence-electron chi connectivity index (χ3n) is 2.47. The fourth-order valence-corrected chi connectivity index (χ4v) is 1.80. The highest BCUT2D eigenvalue weighted by Gasteiger charge is 2.33. The standard InChI is InChI=1S/C12H12F3NS/c1-11(2,7-16)8-4-9(12(13,14)15)6-10(5-8)17-3/h4-6H,1-3H3. The zero-order valence-corrected chi connectivity index (χ0v) is 10.5. The molecule has 0 aliphatic carbocycles. The number of alkyl halides is 3. The van der Waals surface area contributed by atoms with Gasteiger partial charge in [-0.15, -0.1) is 11.8 Å². The molecule has 0 heterocycles. The average Bonchev–Trinajstić information content (AvgIpc) is 2.27. The minimum Gasteiger partial charge on any atom is -0.197 e. The molecule has 0 atom stereocenters. The quantitative estimate of drug-likeness (QED) is 0.742. The van der Waals surface area contributed by atoms with E-state index >= 15 is 0 Å². The molecule has 0 spiro atoms. The number of rotatable bonds is 2. The topological polar surface area (TPSA) is 23.8 Å². The molecule has 0 saturated heterocycles. The molecule has 1 rings (SSSR count). The van der Waals surface area contributed by atoms with Crippen LogP contribution in [0.25, 0.3) is 0 Å². The Morgan fingerprint density at radius 2 is 1.65 bits per heavy atom. The third kappa shape index (κ3) is 3.16. The molecule has 17 heavy (non-hydrogen) atoms. The predicted molar refractivity (Wildman–Crippen MR) is 61.9 cm³/mol. The van der Waals surface area contributed by atoms with Gasteiger partial charge >= 0.3 is 6.18 Å². The lowest BCUT2D eigenvalue weighted by Gasteiger charge is -2.19. The van der Waals surface area contributed by atoms with Gasteiger partial charge in [-0.25, -0.2) is 0 Å². The molecule has 0 radical (unpaired) electrons. The van der Waals surface area contributed by atoms with Gasteiger partial charge in [0.25, 0.3) is 0 Å². The van der Waals surface area contributed by atoms with Crippen molar-refractivity contribution in [2.45, 2.75) is 30.3 Å². The van der Waals surface area contributed by atoms with Crippen molar-refractivity contribution < 1.29 is 13.2 Å². The summed E-state index contributed by atoms with van der Waals surface area (Å²) in [7, 11) is 0. The number of thioether (sulfide) groups is 1. The van der Waals surface area contributed by atoms with E-state index in [1.165, 1.54) is 11.8 Å². The number of benzene rings is 1. The molecule has 1 aromatic carbocycles. The minimum atomic E-state index is -4.38. The second kappa shape index (κ2) is 4.61. The maximum atomic E-state index is 12.7. The molecule has 92 valence electrons. The maximum Gasteiger partial charge on any atom is 0.416 e. The predicted octanol–water partition coefficient (Wildman–Crippen LogP) is 4.23. The molecular formula is C12H12F3NS. The van der Waals surface area contributed by atoms with Crippen molar-refractivity contribution in [3.05, 3.63) is 29.3 Å². The van der Waals surface area contributed by atoms with E-state index in [0.717, 1.165) is 12.1 Å². The van der Waals surface area contributed by atoms with E-state index in [4.69, 9.17) is 5.26 Å². The minimum absolute atomic E-state index is 0.388. The Kier molecular flexibility index (Phi) is 3.78. The molecule has 1 aromatic rings. The fraction of sp³-hybridized carbons (Fsp3) is 0.417. The Balaban J connectivity index is 3.40. The average molecular weight is 259 g/mol. The molecule has 0 unspecified atom stereocenters. The second-order valence-electron chi connectivity index (χ2n) is 4.18. The molecule has 0 aromatic heterocycles. The van der Waals surface area contributed by atoms with Crippen LogP contribution in [0.3, 0.4) is 0 Å². The Labute approximate surface area is 103 Å². The highest BCUT2D eigenvalue weighted by molar-refractivity contribution is 7.98. The van der Waals surface area contributed by atoms with Gasteiger partial charge in [-0.05, 0) is 43.9 Å². The third-order valence-corrected chi connectivity index (χ3v) is 3.18. The van der Waals surface area contributed by atoms with Gasteiger partial charge in [0.05, 0.1) is 17.0 Å². The first-order chi connectivity index (χ1) is 7.70. The van der Waals surface area contributed by atoms with Crippen molar-refractivity contribution >= 4 is 11.8 Å². The summed E-state index contributed by atoms with van der Waals surface area (Å²) in [5.74, 6) is 0. The SMILES string of the molecule is CSc1cc(C(F)(F)F)cc(C(C)(C)C#N)c1. The second-order valence-corrected chi connectivity index (χ2v) is 5.06. The molecule has 0 saturated carbocycles. The Morgan fingerprint density at radius 3 is 2.06 bits per heavy atom. The van der Waals surface area contributed by atoms with E-state index in [9.17, 15) is 13.2 Å². The van der Waals surface area contributed by atoms with Crippen molar-refractivity contribution in [2.75, 3.05) is 6.26 Å². The van der Waals surface area contributed by atoms with Crippen molar-refractivity contribution in [1.29, 1.82) is 5.26 Å². The summed E-state index contributed by atoms with van der Waals surface area (Å²) in [6.45, 7) is 3.21. The van der Waals surface area contributed by atoms with Crippen molar-refractivity contribution in [1.82, 2.24) is 0 Å². The van der Waals surface area contributed by atoms with Crippen LogP contribution in [0.4, 0.5) is 13.2 Å². The van der Waals surface area contributed by atoms with Crippen molar-refractivity contribution in [3.8, 4) is 6.07 Å². The van der Waals surface area contributed by atoms with E-state index in [-0.39, 0.29) is 0 Å². The van der Waals surface area contributed by atoms with Crippen LogP contribution in [0.2, 0.25) is 0 Å².